The number of aromatic hydroxyl groups is 1. The smallest absolute Gasteiger partial charge is 0.143 e. The van der Waals surface area contributed by atoms with Crippen LogP contribution in [0.15, 0.2) is 23.6 Å². The minimum atomic E-state index is 0.126. The summed E-state index contributed by atoms with van der Waals surface area (Å²) in [6, 6.07) is 5.19. The number of hydrogen-bond donors (Lipinski definition) is 2. The van der Waals surface area contributed by atoms with Gasteiger partial charge in [0.25, 0.3) is 0 Å². The van der Waals surface area contributed by atoms with E-state index in [0.29, 0.717) is 26.2 Å². The first-order chi connectivity index (χ1) is 8.00. The second kappa shape index (κ2) is 4.69. The molecule has 0 bridgehead atoms. The Morgan fingerprint density at radius 1 is 1.29 bits per heavy atom. The molecule has 2 aromatic rings. The lowest BCUT2D eigenvalue weighted by Gasteiger charge is -2.02. The molecule has 88 valence electrons. The molecule has 0 spiro atoms. The van der Waals surface area contributed by atoms with Gasteiger partial charge in [0.2, 0.25) is 0 Å². The Morgan fingerprint density at radius 2 is 2.00 bits per heavy atom. The maximum atomic E-state index is 10.0. The SMILES string of the molecule is CC(=N)c1csc(-c2ccc(Cl)c(Cl)c2)c1O. The van der Waals surface area contributed by atoms with E-state index in [4.69, 9.17) is 28.6 Å². The molecule has 0 saturated heterocycles. The van der Waals surface area contributed by atoms with Gasteiger partial charge in [0, 0.05) is 16.7 Å². The Bertz CT molecular complexity index is 592. The van der Waals surface area contributed by atoms with Crippen LogP contribution >= 0.6 is 34.5 Å². The molecule has 0 fully saturated rings. The van der Waals surface area contributed by atoms with Crippen molar-refractivity contribution in [3.63, 3.8) is 0 Å². The number of thiophene rings is 1. The third-order valence-corrected chi connectivity index (χ3v) is 4.11. The molecular formula is C12H9Cl2NOS. The predicted octanol–water partition coefficient (Wildman–Crippen LogP) is 4.82. The number of hydrogen-bond acceptors (Lipinski definition) is 3. The van der Waals surface area contributed by atoms with Crippen molar-refractivity contribution in [1.29, 1.82) is 5.41 Å². The van der Waals surface area contributed by atoms with Crippen LogP contribution < -0.4 is 0 Å². The first kappa shape index (κ1) is 12.4. The topological polar surface area (TPSA) is 44.1 Å². The van der Waals surface area contributed by atoms with Crippen LogP contribution in [0.2, 0.25) is 10.0 Å². The van der Waals surface area contributed by atoms with Crippen molar-refractivity contribution in [3.8, 4) is 16.2 Å². The van der Waals surface area contributed by atoms with Crippen molar-refractivity contribution >= 4 is 40.3 Å². The summed E-state index contributed by atoms with van der Waals surface area (Å²) < 4.78 is 0. The molecule has 0 amide bonds. The van der Waals surface area contributed by atoms with Crippen molar-refractivity contribution in [3.05, 3.63) is 39.2 Å². The molecule has 1 aromatic heterocycles. The van der Waals surface area contributed by atoms with E-state index in [9.17, 15) is 5.11 Å². The van der Waals surface area contributed by atoms with E-state index < -0.39 is 0 Å². The summed E-state index contributed by atoms with van der Waals surface area (Å²) in [7, 11) is 0. The Kier molecular flexibility index (Phi) is 3.43. The van der Waals surface area contributed by atoms with Gasteiger partial charge in [0.15, 0.2) is 0 Å². The average molecular weight is 286 g/mol. The van der Waals surface area contributed by atoms with Crippen molar-refractivity contribution < 1.29 is 5.11 Å². The quantitative estimate of drug-likeness (QED) is 0.764. The van der Waals surface area contributed by atoms with Crippen LogP contribution in [0.1, 0.15) is 12.5 Å². The summed E-state index contributed by atoms with van der Waals surface area (Å²) in [5.74, 6) is 0.126. The Morgan fingerprint density at radius 3 is 2.53 bits per heavy atom. The van der Waals surface area contributed by atoms with Crippen LogP contribution in [0.4, 0.5) is 0 Å². The molecule has 17 heavy (non-hydrogen) atoms. The molecule has 2 rings (SSSR count). The first-order valence-electron chi connectivity index (χ1n) is 4.82. The van der Waals surface area contributed by atoms with Gasteiger partial charge in [-0.1, -0.05) is 29.3 Å². The highest BCUT2D eigenvalue weighted by molar-refractivity contribution is 7.14. The molecule has 2 N–H and O–H groups in total. The Hall–Kier alpha value is -1.03. The third kappa shape index (κ3) is 2.32. The van der Waals surface area contributed by atoms with Gasteiger partial charge in [-0.15, -0.1) is 11.3 Å². The molecule has 2 nitrogen and oxygen atoms in total. The number of halogens is 2. The molecule has 0 aliphatic heterocycles. The third-order valence-electron chi connectivity index (χ3n) is 2.35. The Balaban J connectivity index is 2.53. The van der Waals surface area contributed by atoms with Crippen LogP contribution in [0.25, 0.3) is 10.4 Å². The summed E-state index contributed by atoms with van der Waals surface area (Å²) in [5.41, 5.74) is 1.69. The summed E-state index contributed by atoms with van der Waals surface area (Å²) in [6.45, 7) is 1.64. The molecular weight excluding hydrogens is 277 g/mol. The van der Waals surface area contributed by atoms with Gasteiger partial charge in [0.1, 0.15) is 5.75 Å². The van der Waals surface area contributed by atoms with Crippen LogP contribution in [-0.2, 0) is 0 Å². The zero-order chi connectivity index (χ0) is 12.6. The normalized spacial score (nSPS) is 10.5. The second-order valence-electron chi connectivity index (χ2n) is 3.58. The van der Waals surface area contributed by atoms with Crippen molar-refractivity contribution in [2.75, 3.05) is 0 Å². The van der Waals surface area contributed by atoms with E-state index in [0.717, 1.165) is 5.56 Å². The van der Waals surface area contributed by atoms with Gasteiger partial charge >= 0.3 is 0 Å². The summed E-state index contributed by atoms with van der Waals surface area (Å²) in [6.07, 6.45) is 0. The molecule has 0 aliphatic rings. The van der Waals surface area contributed by atoms with Crippen LogP contribution in [-0.4, -0.2) is 10.8 Å². The Labute approximate surface area is 113 Å². The minimum Gasteiger partial charge on any atom is -0.506 e. The highest BCUT2D eigenvalue weighted by Gasteiger charge is 2.14. The fourth-order valence-corrected chi connectivity index (χ4v) is 2.77. The average Bonchev–Trinajstić information content (AvgIpc) is 2.64. The summed E-state index contributed by atoms with van der Waals surface area (Å²) in [4.78, 5) is 0.699. The lowest BCUT2D eigenvalue weighted by atomic mass is 10.1. The fraction of sp³-hybridized carbons (Fsp3) is 0.0833. The molecule has 0 unspecified atom stereocenters. The van der Waals surface area contributed by atoms with Crippen LogP contribution in [0.3, 0.4) is 0 Å². The number of benzene rings is 1. The van der Waals surface area contributed by atoms with E-state index in [-0.39, 0.29) is 5.75 Å². The zero-order valence-corrected chi connectivity index (χ0v) is 11.2. The van der Waals surface area contributed by atoms with Gasteiger partial charge in [-0.05, 0) is 24.6 Å². The van der Waals surface area contributed by atoms with Gasteiger partial charge in [-0.25, -0.2) is 0 Å². The summed E-state index contributed by atoms with van der Waals surface area (Å²) >= 11 is 13.2. The van der Waals surface area contributed by atoms with Crippen molar-refractivity contribution in [2.45, 2.75) is 6.92 Å². The highest BCUT2D eigenvalue weighted by Crippen LogP contribution is 2.40. The van der Waals surface area contributed by atoms with E-state index in [2.05, 4.69) is 0 Å². The van der Waals surface area contributed by atoms with Gasteiger partial charge in [-0.2, -0.15) is 0 Å². The standard InChI is InChI=1S/C12H9Cl2NOS/c1-6(15)8-5-17-12(11(8)16)7-2-3-9(13)10(14)4-7/h2-5,15-16H,1H3. The van der Waals surface area contributed by atoms with Gasteiger partial charge in [0.05, 0.1) is 14.9 Å². The first-order valence-corrected chi connectivity index (χ1v) is 6.45. The van der Waals surface area contributed by atoms with Gasteiger partial charge in [-0.3, -0.25) is 0 Å². The van der Waals surface area contributed by atoms with Crippen LogP contribution in [0, 0.1) is 5.41 Å². The van der Waals surface area contributed by atoms with Crippen LogP contribution in [0.5, 0.6) is 5.75 Å². The molecule has 0 radical (unpaired) electrons. The lowest BCUT2D eigenvalue weighted by Crippen LogP contribution is -1.88. The van der Waals surface area contributed by atoms with E-state index in [1.807, 2.05) is 0 Å². The zero-order valence-electron chi connectivity index (χ0n) is 8.92. The maximum absolute atomic E-state index is 10.0. The molecule has 0 atom stereocenters. The molecule has 0 aliphatic carbocycles. The number of nitrogens with one attached hydrogen (secondary N) is 1. The monoisotopic (exact) mass is 285 g/mol. The molecule has 0 saturated carbocycles. The minimum absolute atomic E-state index is 0.126. The maximum Gasteiger partial charge on any atom is 0.143 e. The largest absolute Gasteiger partial charge is 0.506 e. The molecule has 5 heteroatoms. The van der Waals surface area contributed by atoms with Gasteiger partial charge < -0.3 is 10.5 Å². The van der Waals surface area contributed by atoms with Crippen molar-refractivity contribution in [1.82, 2.24) is 0 Å². The van der Waals surface area contributed by atoms with E-state index in [1.165, 1.54) is 11.3 Å². The fourth-order valence-electron chi connectivity index (χ4n) is 1.46. The number of rotatable bonds is 2. The van der Waals surface area contributed by atoms with E-state index >= 15 is 0 Å². The second-order valence-corrected chi connectivity index (χ2v) is 5.28. The molecule has 1 heterocycles. The highest BCUT2D eigenvalue weighted by atomic mass is 35.5. The lowest BCUT2D eigenvalue weighted by molar-refractivity contribution is 0.478. The van der Waals surface area contributed by atoms with E-state index in [1.54, 1.807) is 30.5 Å². The predicted molar refractivity (Wildman–Crippen MR) is 73.9 cm³/mol. The van der Waals surface area contributed by atoms with Crippen molar-refractivity contribution in [2.24, 2.45) is 0 Å². The summed E-state index contributed by atoms with van der Waals surface area (Å²) in [5, 5.41) is 20.2. The molecule has 1 aromatic carbocycles.